The topological polar surface area (TPSA) is 89.9 Å². The van der Waals surface area contributed by atoms with Gasteiger partial charge in [-0.05, 0) is 32.1 Å². The van der Waals surface area contributed by atoms with Crippen LogP contribution in [0.3, 0.4) is 0 Å². The molecule has 1 aliphatic heterocycles. The number of nitrogens with zero attached hydrogens (tertiary/aromatic N) is 1. The molecule has 6 nitrogen and oxygen atoms in total. The van der Waals surface area contributed by atoms with Crippen molar-refractivity contribution in [1.29, 1.82) is 0 Å². The first kappa shape index (κ1) is 16.8. The van der Waals surface area contributed by atoms with Crippen LogP contribution < -0.4 is 5.32 Å². The molecule has 0 aromatic rings. The number of aliphatic carboxylic acids is 1. The van der Waals surface area contributed by atoms with Gasteiger partial charge < -0.3 is 20.4 Å². The van der Waals surface area contributed by atoms with Crippen LogP contribution in [-0.2, 0) is 4.79 Å². The molecule has 0 aliphatic carbocycles. The molecular formula is C14H26N2O4. The molecule has 1 heterocycles. The highest BCUT2D eigenvalue weighted by Gasteiger charge is 2.27. The molecule has 0 aromatic heterocycles. The number of aliphatic hydroxyl groups is 1. The minimum absolute atomic E-state index is 0.0356. The van der Waals surface area contributed by atoms with Gasteiger partial charge in [0.05, 0.1) is 5.60 Å². The van der Waals surface area contributed by atoms with Crippen molar-refractivity contribution in [1.82, 2.24) is 10.2 Å². The lowest BCUT2D eigenvalue weighted by atomic mass is 9.98. The minimum Gasteiger partial charge on any atom is -0.481 e. The third kappa shape index (κ3) is 5.77. The number of rotatable bonds is 5. The first-order valence-electron chi connectivity index (χ1n) is 7.31. The molecule has 1 rings (SSSR count). The third-order valence-electron chi connectivity index (χ3n) is 3.93. The molecule has 1 aliphatic rings. The van der Waals surface area contributed by atoms with Gasteiger partial charge in [0, 0.05) is 26.1 Å². The van der Waals surface area contributed by atoms with Gasteiger partial charge in [0.2, 0.25) is 0 Å². The van der Waals surface area contributed by atoms with Crippen molar-refractivity contribution in [3.63, 3.8) is 0 Å². The maximum Gasteiger partial charge on any atom is 0.317 e. The van der Waals surface area contributed by atoms with E-state index in [9.17, 15) is 14.7 Å². The predicted octanol–water partition coefficient (Wildman–Crippen LogP) is 1.43. The molecule has 1 saturated heterocycles. The Bertz CT molecular complexity index is 344. The molecule has 3 N–H and O–H groups in total. The highest BCUT2D eigenvalue weighted by molar-refractivity contribution is 5.74. The molecule has 0 spiro atoms. The van der Waals surface area contributed by atoms with Gasteiger partial charge in [-0.2, -0.15) is 0 Å². The van der Waals surface area contributed by atoms with Crippen molar-refractivity contribution in [3.8, 4) is 0 Å². The maximum atomic E-state index is 12.1. The average molecular weight is 286 g/mol. The maximum absolute atomic E-state index is 12.1. The lowest BCUT2D eigenvalue weighted by molar-refractivity contribution is -0.138. The molecule has 0 bridgehead atoms. The number of carbonyl (C=O) groups is 2. The van der Waals surface area contributed by atoms with E-state index in [0.29, 0.717) is 32.5 Å². The first-order valence-corrected chi connectivity index (χ1v) is 7.31. The molecule has 0 aromatic carbocycles. The molecule has 2 amide bonds. The Morgan fingerprint density at radius 2 is 2.05 bits per heavy atom. The molecule has 6 heteroatoms. The smallest absolute Gasteiger partial charge is 0.317 e. The van der Waals surface area contributed by atoms with Crippen molar-refractivity contribution in [3.05, 3.63) is 0 Å². The number of hydrogen-bond donors (Lipinski definition) is 3. The number of urea groups is 1. The average Bonchev–Trinajstić information content (AvgIpc) is 2.54. The van der Waals surface area contributed by atoms with E-state index in [0.717, 1.165) is 12.8 Å². The van der Waals surface area contributed by atoms with Crippen molar-refractivity contribution in [2.24, 2.45) is 5.92 Å². The zero-order valence-electron chi connectivity index (χ0n) is 12.4. The van der Waals surface area contributed by atoms with Gasteiger partial charge >= 0.3 is 12.0 Å². The lowest BCUT2D eigenvalue weighted by Gasteiger charge is -2.24. The summed E-state index contributed by atoms with van der Waals surface area (Å²) in [6.07, 6.45) is 2.86. The number of hydrogen-bond acceptors (Lipinski definition) is 3. The van der Waals surface area contributed by atoms with Crippen LogP contribution in [0.15, 0.2) is 0 Å². The first-order chi connectivity index (χ1) is 9.34. The van der Waals surface area contributed by atoms with E-state index in [4.69, 9.17) is 5.11 Å². The van der Waals surface area contributed by atoms with Crippen LogP contribution in [0.5, 0.6) is 0 Å². The van der Waals surface area contributed by atoms with Gasteiger partial charge in [-0.1, -0.05) is 13.3 Å². The second-order valence-corrected chi connectivity index (χ2v) is 5.90. The van der Waals surface area contributed by atoms with Gasteiger partial charge in [-0.3, -0.25) is 4.79 Å². The van der Waals surface area contributed by atoms with Gasteiger partial charge in [0.25, 0.3) is 0 Å². The molecule has 1 fully saturated rings. The summed E-state index contributed by atoms with van der Waals surface area (Å²) in [6.45, 7) is 5.28. The van der Waals surface area contributed by atoms with Crippen LogP contribution in [-0.4, -0.2) is 52.3 Å². The molecular weight excluding hydrogens is 260 g/mol. The lowest BCUT2D eigenvalue weighted by Crippen LogP contribution is -2.43. The Balaban J connectivity index is 2.40. The second-order valence-electron chi connectivity index (χ2n) is 5.90. The third-order valence-corrected chi connectivity index (χ3v) is 3.93. The fraction of sp³-hybridized carbons (Fsp3) is 0.857. The fourth-order valence-electron chi connectivity index (χ4n) is 2.42. The Morgan fingerprint density at radius 3 is 2.65 bits per heavy atom. The van der Waals surface area contributed by atoms with Crippen molar-refractivity contribution < 1.29 is 19.8 Å². The summed E-state index contributed by atoms with van der Waals surface area (Å²) >= 11 is 0. The zero-order chi connectivity index (χ0) is 15.2. The van der Waals surface area contributed by atoms with E-state index in [2.05, 4.69) is 5.32 Å². The summed E-state index contributed by atoms with van der Waals surface area (Å²) in [5, 5.41) is 21.6. The number of likely N-dealkylation sites (tertiary alicyclic amines) is 1. The van der Waals surface area contributed by atoms with Crippen molar-refractivity contribution >= 4 is 12.0 Å². The van der Waals surface area contributed by atoms with Gasteiger partial charge in [-0.25, -0.2) is 4.79 Å². The van der Waals surface area contributed by atoms with Crippen LogP contribution in [0, 0.1) is 5.92 Å². The van der Waals surface area contributed by atoms with Crippen LogP contribution in [0.1, 0.15) is 46.0 Å². The van der Waals surface area contributed by atoms with Gasteiger partial charge in [-0.15, -0.1) is 0 Å². The Kier molecular flexibility index (Phi) is 6.26. The highest BCUT2D eigenvalue weighted by Crippen LogP contribution is 2.21. The number of carboxylic acids is 1. The van der Waals surface area contributed by atoms with Crippen LogP contribution in [0.2, 0.25) is 0 Å². The monoisotopic (exact) mass is 286 g/mol. The van der Waals surface area contributed by atoms with E-state index < -0.39 is 11.6 Å². The molecule has 116 valence electrons. The SMILES string of the molecule is CCC(CNC(=O)N1CCCC(C)(O)CC1)CC(=O)O. The number of carboxylic acid groups (broad SMARTS) is 1. The van der Waals surface area contributed by atoms with Crippen LogP contribution in [0.25, 0.3) is 0 Å². The summed E-state index contributed by atoms with van der Waals surface area (Å²) in [7, 11) is 0. The molecule has 2 atom stereocenters. The summed E-state index contributed by atoms with van der Waals surface area (Å²) < 4.78 is 0. The van der Waals surface area contributed by atoms with E-state index >= 15 is 0 Å². The van der Waals surface area contributed by atoms with E-state index in [1.54, 1.807) is 11.8 Å². The Morgan fingerprint density at radius 1 is 1.35 bits per heavy atom. The van der Waals surface area contributed by atoms with Crippen LogP contribution in [0.4, 0.5) is 4.79 Å². The quantitative estimate of drug-likeness (QED) is 0.713. The molecule has 0 radical (unpaired) electrons. The largest absolute Gasteiger partial charge is 0.481 e. The summed E-state index contributed by atoms with van der Waals surface area (Å²) in [4.78, 5) is 24.4. The summed E-state index contributed by atoms with van der Waals surface area (Å²) in [5.74, 6) is -0.872. The van der Waals surface area contributed by atoms with Crippen LogP contribution >= 0.6 is 0 Å². The number of carbonyl (C=O) groups excluding carboxylic acids is 1. The van der Waals surface area contributed by atoms with E-state index in [-0.39, 0.29) is 18.4 Å². The molecule has 0 saturated carbocycles. The van der Waals surface area contributed by atoms with Crippen molar-refractivity contribution in [2.75, 3.05) is 19.6 Å². The van der Waals surface area contributed by atoms with Gasteiger partial charge in [0.1, 0.15) is 0 Å². The molecule has 20 heavy (non-hydrogen) atoms. The predicted molar refractivity (Wildman–Crippen MR) is 75.5 cm³/mol. The van der Waals surface area contributed by atoms with E-state index in [1.165, 1.54) is 0 Å². The standard InChI is InChI=1S/C14H26N2O4/c1-3-11(9-12(17)18)10-15-13(19)16-7-4-5-14(2,20)6-8-16/h11,20H,3-10H2,1-2H3,(H,15,19)(H,17,18). The minimum atomic E-state index is -0.836. The van der Waals surface area contributed by atoms with E-state index in [1.807, 2.05) is 6.92 Å². The second kappa shape index (κ2) is 7.47. The number of nitrogens with one attached hydrogen (secondary N) is 1. The Labute approximate surface area is 120 Å². The Hall–Kier alpha value is -1.30. The summed E-state index contributed by atoms with van der Waals surface area (Å²) in [6, 6.07) is -0.161. The normalized spacial score (nSPS) is 24.9. The number of amides is 2. The summed E-state index contributed by atoms with van der Waals surface area (Å²) in [5.41, 5.74) is -0.690. The van der Waals surface area contributed by atoms with Crippen molar-refractivity contribution in [2.45, 2.75) is 51.6 Å². The zero-order valence-corrected chi connectivity index (χ0v) is 12.4. The van der Waals surface area contributed by atoms with Gasteiger partial charge in [0.15, 0.2) is 0 Å². The molecule has 2 unspecified atom stereocenters. The highest BCUT2D eigenvalue weighted by atomic mass is 16.4. The fourth-order valence-corrected chi connectivity index (χ4v) is 2.42.